The van der Waals surface area contributed by atoms with Gasteiger partial charge in [-0.25, -0.2) is 4.79 Å². The number of aromatic nitrogens is 1. The summed E-state index contributed by atoms with van der Waals surface area (Å²) in [6.07, 6.45) is 1.39. The SMILES string of the molecule is CCOC(=O)c1[nH]c2ccccc2c1C=C(C#N)C#N. The van der Waals surface area contributed by atoms with Crippen molar-refractivity contribution in [2.75, 3.05) is 6.61 Å². The Morgan fingerprint density at radius 3 is 2.70 bits per heavy atom. The fourth-order valence-corrected chi connectivity index (χ4v) is 1.91. The summed E-state index contributed by atoms with van der Waals surface area (Å²) >= 11 is 0. The number of hydrogen-bond acceptors (Lipinski definition) is 4. The van der Waals surface area contributed by atoms with Crippen LogP contribution in [0.3, 0.4) is 0 Å². The minimum absolute atomic E-state index is 0.0692. The number of nitriles is 2. The maximum Gasteiger partial charge on any atom is 0.355 e. The van der Waals surface area contributed by atoms with Gasteiger partial charge in [-0.05, 0) is 19.1 Å². The number of esters is 1. The Kier molecular flexibility index (Phi) is 3.83. The monoisotopic (exact) mass is 265 g/mol. The van der Waals surface area contributed by atoms with Crippen LogP contribution in [-0.4, -0.2) is 17.6 Å². The van der Waals surface area contributed by atoms with Crippen molar-refractivity contribution < 1.29 is 9.53 Å². The van der Waals surface area contributed by atoms with Crippen molar-refractivity contribution in [3.05, 3.63) is 41.1 Å². The van der Waals surface area contributed by atoms with E-state index in [1.165, 1.54) is 6.08 Å². The third-order valence-corrected chi connectivity index (χ3v) is 2.76. The lowest BCUT2D eigenvalue weighted by atomic mass is 10.1. The predicted octanol–water partition coefficient (Wildman–Crippen LogP) is 2.78. The number of ether oxygens (including phenoxy) is 1. The highest BCUT2D eigenvalue weighted by Gasteiger charge is 2.17. The van der Waals surface area contributed by atoms with Gasteiger partial charge in [-0.3, -0.25) is 0 Å². The lowest BCUT2D eigenvalue weighted by molar-refractivity contribution is 0.0520. The first kappa shape index (κ1) is 13.4. The van der Waals surface area contributed by atoms with E-state index in [4.69, 9.17) is 15.3 Å². The van der Waals surface area contributed by atoms with Crippen LogP contribution in [0.5, 0.6) is 0 Å². The van der Waals surface area contributed by atoms with E-state index >= 15 is 0 Å². The average Bonchev–Trinajstić information content (AvgIpc) is 2.83. The van der Waals surface area contributed by atoms with E-state index in [1.54, 1.807) is 19.1 Å². The molecule has 0 bridgehead atoms. The Bertz CT molecular complexity index is 756. The molecule has 5 nitrogen and oxygen atoms in total. The molecule has 0 unspecified atom stereocenters. The summed E-state index contributed by atoms with van der Waals surface area (Å²) in [5.74, 6) is -0.509. The number of nitrogens with one attached hydrogen (secondary N) is 1. The number of allylic oxidation sites excluding steroid dienone is 1. The van der Waals surface area contributed by atoms with Gasteiger partial charge in [0.05, 0.1) is 6.61 Å². The predicted molar refractivity (Wildman–Crippen MR) is 73.5 cm³/mol. The molecule has 0 amide bonds. The summed E-state index contributed by atoms with van der Waals surface area (Å²) in [4.78, 5) is 14.9. The molecule has 1 aromatic carbocycles. The number of fused-ring (bicyclic) bond motifs is 1. The number of para-hydroxylation sites is 1. The molecular formula is C15H11N3O2. The molecule has 5 heteroatoms. The fraction of sp³-hybridized carbons (Fsp3) is 0.133. The quantitative estimate of drug-likeness (QED) is 0.682. The van der Waals surface area contributed by atoms with Crippen LogP contribution < -0.4 is 0 Å². The van der Waals surface area contributed by atoms with E-state index in [0.29, 0.717) is 5.56 Å². The summed E-state index contributed by atoms with van der Waals surface area (Å²) < 4.78 is 4.98. The van der Waals surface area contributed by atoms with Gasteiger partial charge in [-0.2, -0.15) is 10.5 Å². The molecule has 0 saturated heterocycles. The summed E-state index contributed by atoms with van der Waals surface area (Å²) in [6.45, 7) is 1.97. The van der Waals surface area contributed by atoms with Gasteiger partial charge in [0.1, 0.15) is 23.4 Å². The maximum atomic E-state index is 11.9. The van der Waals surface area contributed by atoms with Gasteiger partial charge < -0.3 is 9.72 Å². The second kappa shape index (κ2) is 5.73. The molecule has 20 heavy (non-hydrogen) atoms. The highest BCUT2D eigenvalue weighted by atomic mass is 16.5. The second-order valence-electron chi connectivity index (χ2n) is 3.96. The Morgan fingerprint density at radius 1 is 1.35 bits per heavy atom. The minimum atomic E-state index is -0.509. The zero-order chi connectivity index (χ0) is 14.5. The summed E-state index contributed by atoms with van der Waals surface area (Å²) in [6, 6.07) is 10.8. The van der Waals surface area contributed by atoms with Gasteiger partial charge in [0, 0.05) is 16.5 Å². The van der Waals surface area contributed by atoms with E-state index in [-0.39, 0.29) is 17.9 Å². The van der Waals surface area contributed by atoms with Gasteiger partial charge in [0.25, 0.3) is 0 Å². The first-order chi connectivity index (χ1) is 9.71. The lowest BCUT2D eigenvalue weighted by Gasteiger charge is -2.00. The number of hydrogen-bond donors (Lipinski definition) is 1. The highest BCUT2D eigenvalue weighted by Crippen LogP contribution is 2.25. The molecule has 1 heterocycles. The molecule has 0 radical (unpaired) electrons. The second-order valence-corrected chi connectivity index (χ2v) is 3.96. The van der Waals surface area contributed by atoms with Crippen LogP contribution in [0.25, 0.3) is 17.0 Å². The first-order valence-corrected chi connectivity index (χ1v) is 6.01. The van der Waals surface area contributed by atoms with Gasteiger partial charge in [-0.1, -0.05) is 18.2 Å². The van der Waals surface area contributed by atoms with Crippen molar-refractivity contribution in [2.45, 2.75) is 6.92 Å². The smallest absolute Gasteiger partial charge is 0.355 e. The normalized spacial score (nSPS) is 9.55. The summed E-state index contributed by atoms with van der Waals surface area (Å²) in [7, 11) is 0. The molecule has 0 aliphatic carbocycles. The van der Waals surface area contributed by atoms with Crippen LogP contribution in [0, 0.1) is 22.7 Å². The molecule has 1 N–H and O–H groups in total. The Labute approximate surface area is 115 Å². The number of aromatic amines is 1. The van der Waals surface area contributed by atoms with Crippen molar-refractivity contribution in [3.63, 3.8) is 0 Å². The Balaban J connectivity index is 2.69. The average molecular weight is 265 g/mol. The number of benzene rings is 1. The molecule has 0 saturated carbocycles. The standard InChI is InChI=1S/C15H11N3O2/c1-2-20-15(19)14-12(7-10(8-16)9-17)11-5-3-4-6-13(11)18-14/h3-7,18H,2H2,1H3. The van der Waals surface area contributed by atoms with Gasteiger partial charge in [0.15, 0.2) is 0 Å². The summed E-state index contributed by atoms with van der Waals surface area (Å²) in [5, 5.41) is 18.5. The van der Waals surface area contributed by atoms with Gasteiger partial charge in [0.2, 0.25) is 0 Å². The number of rotatable bonds is 3. The van der Waals surface area contributed by atoms with Gasteiger partial charge >= 0.3 is 5.97 Å². The molecular weight excluding hydrogens is 254 g/mol. The Morgan fingerprint density at radius 2 is 2.05 bits per heavy atom. The Hall–Kier alpha value is -3.05. The van der Waals surface area contributed by atoms with E-state index in [9.17, 15) is 4.79 Å². The third-order valence-electron chi connectivity index (χ3n) is 2.76. The van der Waals surface area contributed by atoms with Crippen LogP contribution in [-0.2, 0) is 4.74 Å². The maximum absolute atomic E-state index is 11.9. The molecule has 0 atom stereocenters. The third kappa shape index (κ3) is 2.38. The van der Waals surface area contributed by atoms with Crippen molar-refractivity contribution in [2.24, 2.45) is 0 Å². The van der Waals surface area contributed by atoms with Crippen LogP contribution in [0.1, 0.15) is 23.0 Å². The number of carbonyl (C=O) groups is 1. The number of carbonyl (C=O) groups excluding carboxylic acids is 1. The van der Waals surface area contributed by atoms with Crippen LogP contribution in [0.15, 0.2) is 29.8 Å². The fourth-order valence-electron chi connectivity index (χ4n) is 1.91. The molecule has 0 fully saturated rings. The van der Waals surface area contributed by atoms with E-state index < -0.39 is 5.97 Å². The molecule has 1 aromatic heterocycles. The molecule has 0 aliphatic rings. The van der Waals surface area contributed by atoms with E-state index in [2.05, 4.69) is 4.98 Å². The van der Waals surface area contributed by atoms with Gasteiger partial charge in [-0.15, -0.1) is 0 Å². The number of H-pyrrole nitrogens is 1. The molecule has 2 aromatic rings. The molecule has 0 spiro atoms. The van der Waals surface area contributed by atoms with Crippen LogP contribution >= 0.6 is 0 Å². The van der Waals surface area contributed by atoms with Crippen molar-refractivity contribution in [1.29, 1.82) is 10.5 Å². The first-order valence-electron chi connectivity index (χ1n) is 6.01. The van der Waals surface area contributed by atoms with Crippen molar-refractivity contribution >= 4 is 22.9 Å². The van der Waals surface area contributed by atoms with E-state index in [0.717, 1.165) is 10.9 Å². The largest absolute Gasteiger partial charge is 0.461 e. The lowest BCUT2D eigenvalue weighted by Crippen LogP contribution is -2.06. The van der Waals surface area contributed by atoms with Crippen molar-refractivity contribution in [3.8, 4) is 12.1 Å². The van der Waals surface area contributed by atoms with Crippen LogP contribution in [0.4, 0.5) is 0 Å². The number of nitrogens with zero attached hydrogens (tertiary/aromatic N) is 2. The molecule has 98 valence electrons. The minimum Gasteiger partial charge on any atom is -0.461 e. The highest BCUT2D eigenvalue weighted by molar-refractivity contribution is 6.03. The van der Waals surface area contributed by atoms with Crippen molar-refractivity contribution in [1.82, 2.24) is 4.98 Å². The summed E-state index contributed by atoms with van der Waals surface area (Å²) in [5.41, 5.74) is 1.42. The van der Waals surface area contributed by atoms with E-state index in [1.807, 2.05) is 24.3 Å². The topological polar surface area (TPSA) is 89.7 Å². The zero-order valence-electron chi connectivity index (χ0n) is 10.8. The molecule has 2 rings (SSSR count). The zero-order valence-corrected chi connectivity index (χ0v) is 10.8. The van der Waals surface area contributed by atoms with Crippen LogP contribution in [0.2, 0.25) is 0 Å². The molecule has 0 aliphatic heterocycles.